The summed E-state index contributed by atoms with van der Waals surface area (Å²) in [6.45, 7) is 0. The number of hydrogen-bond donors (Lipinski definition) is 0. The molecule has 1 atom stereocenters. The molecule has 242 valence electrons. The second-order valence-corrected chi connectivity index (χ2v) is 8.50. The van der Waals surface area contributed by atoms with Crippen LogP contribution in [-0.2, 0) is 10.1 Å². The molecule has 41 heavy (non-hydrogen) atoms. The molecule has 0 N–H and O–H groups in total. The van der Waals surface area contributed by atoms with Crippen LogP contribution in [0.2, 0.25) is 0 Å². The molecule has 0 bridgehead atoms. The Balaban J connectivity index is 0. The van der Waals surface area contributed by atoms with Gasteiger partial charge in [0.25, 0.3) is 5.50 Å². The summed E-state index contributed by atoms with van der Waals surface area (Å²) in [4.78, 5) is 0. The molecular weight excluding hydrogens is 687 g/mol. The smallest absolute Gasteiger partial charge is 0.746 e. The van der Waals surface area contributed by atoms with E-state index in [0.29, 0.717) is 0 Å². The van der Waals surface area contributed by atoms with E-state index in [1.807, 2.05) is 0 Å². The molecule has 0 aliphatic rings. The van der Waals surface area contributed by atoms with Gasteiger partial charge in [-0.15, -0.1) is 0 Å². The van der Waals surface area contributed by atoms with Crippen molar-refractivity contribution in [2.24, 2.45) is 0 Å². The summed E-state index contributed by atoms with van der Waals surface area (Å²) in [5.41, 5.74) is -6.39. The molecule has 0 amide bonds. The first-order chi connectivity index (χ1) is 16.7. The van der Waals surface area contributed by atoms with E-state index in [4.69, 9.17) is 0 Å². The van der Waals surface area contributed by atoms with Crippen LogP contribution in [0.1, 0.15) is 0 Å². The molecule has 0 aromatic heterocycles. The van der Waals surface area contributed by atoms with E-state index in [9.17, 15) is 118 Å². The van der Waals surface area contributed by atoms with Gasteiger partial charge in [-0.1, -0.05) is 0 Å². The SMILES string of the molecule is O=S(=O)([O-])C(F)C(F)(F)C(F)(F)C(F)(F)C(F)(F)C(F)(F)C(F)(F)C(F)(F)C(F)(F)C(F)(F)C(F)(F)C(F)(F)F.[Li+]. The van der Waals surface area contributed by atoms with E-state index in [0.717, 1.165) is 0 Å². The second-order valence-electron chi connectivity index (χ2n) is 7.10. The van der Waals surface area contributed by atoms with Crippen LogP contribution in [0.4, 0.5) is 105 Å². The molecule has 0 saturated carbocycles. The van der Waals surface area contributed by atoms with Gasteiger partial charge in [0.05, 0.1) is 0 Å². The van der Waals surface area contributed by atoms with Gasteiger partial charge in [-0.3, -0.25) is 0 Å². The van der Waals surface area contributed by atoms with Crippen molar-refractivity contribution >= 4 is 10.1 Å². The maximum atomic E-state index is 13.5. The van der Waals surface area contributed by atoms with E-state index >= 15 is 0 Å². The summed E-state index contributed by atoms with van der Waals surface area (Å²) in [5, 5.41) is 0. The van der Waals surface area contributed by atoms with E-state index in [1.54, 1.807) is 0 Å². The van der Waals surface area contributed by atoms with Gasteiger partial charge in [0, 0.05) is 0 Å². The average molecular weight is 688 g/mol. The van der Waals surface area contributed by atoms with Crippen LogP contribution in [0.15, 0.2) is 0 Å². The molecule has 3 nitrogen and oxygen atoms in total. The fourth-order valence-corrected chi connectivity index (χ4v) is 2.60. The molecule has 0 spiro atoms. The molecule has 29 heteroatoms. The number of hydrogen-bond acceptors (Lipinski definition) is 3. The Morgan fingerprint density at radius 2 is 0.561 bits per heavy atom. The predicted molar refractivity (Wildman–Crippen MR) is 70.1 cm³/mol. The zero-order valence-electron chi connectivity index (χ0n) is 17.8. The first kappa shape index (κ1) is 42.0. The normalized spacial score (nSPS) is 17.3. The summed E-state index contributed by atoms with van der Waals surface area (Å²) >= 11 is 0. The summed E-state index contributed by atoms with van der Waals surface area (Å²) < 4.78 is 343. The predicted octanol–water partition coefficient (Wildman–Crippen LogP) is 3.75. The van der Waals surface area contributed by atoms with Crippen LogP contribution < -0.4 is 18.9 Å². The van der Waals surface area contributed by atoms with Crippen molar-refractivity contribution in [3.63, 3.8) is 0 Å². The van der Waals surface area contributed by atoms with Crippen molar-refractivity contribution in [1.82, 2.24) is 0 Å². The van der Waals surface area contributed by atoms with Gasteiger partial charge in [0.15, 0.2) is 0 Å². The largest absolute Gasteiger partial charge is 1.00 e. The molecule has 1 unspecified atom stereocenters. The molecule has 0 aromatic rings. The maximum absolute atomic E-state index is 13.5. The van der Waals surface area contributed by atoms with Crippen LogP contribution >= 0.6 is 0 Å². The van der Waals surface area contributed by atoms with Gasteiger partial charge in [0.2, 0.25) is 0 Å². The molecule has 0 radical (unpaired) electrons. The number of rotatable bonds is 11. The van der Waals surface area contributed by atoms with Crippen LogP contribution in [-0.4, -0.2) is 83.9 Å². The van der Waals surface area contributed by atoms with Crippen LogP contribution in [0, 0.1) is 0 Å². The third-order valence-electron chi connectivity index (χ3n) is 4.47. The monoisotopic (exact) mass is 688 g/mol. The first-order valence-corrected chi connectivity index (χ1v) is 9.56. The van der Waals surface area contributed by atoms with Crippen molar-refractivity contribution in [3.05, 3.63) is 0 Å². The fourth-order valence-electron chi connectivity index (χ4n) is 2.09. The van der Waals surface area contributed by atoms with Crippen LogP contribution in [0.3, 0.4) is 0 Å². The zero-order chi connectivity index (χ0) is 33.6. The molecule has 0 aliphatic heterocycles. The van der Waals surface area contributed by atoms with E-state index in [-0.39, 0.29) is 18.9 Å². The Morgan fingerprint density at radius 1 is 0.390 bits per heavy atom. The Kier molecular flexibility index (Phi) is 10.4. The van der Waals surface area contributed by atoms with E-state index < -0.39 is 81.0 Å². The standard InChI is InChI=1S/C12H2F24O3S.Li/c13-1(40(37,38)39)2(14,15)3(16,17)4(18,19)5(20,21)6(22,23)7(24,25)8(26,27)9(28,29)10(30,31)11(32,33)12(34,35)36;/h1H,(H,37,38,39);/q;+1/p-1. The van der Waals surface area contributed by atoms with Gasteiger partial charge in [0.1, 0.15) is 10.1 Å². The van der Waals surface area contributed by atoms with Gasteiger partial charge < -0.3 is 4.55 Å². The Hall–Kier alpha value is -1.17. The summed E-state index contributed by atoms with van der Waals surface area (Å²) in [6, 6.07) is 0. The topological polar surface area (TPSA) is 57.2 Å². The third kappa shape index (κ3) is 5.18. The molecule has 0 aliphatic carbocycles. The minimum absolute atomic E-state index is 0. The minimum atomic E-state index is -9.65. The number of halogens is 24. The van der Waals surface area contributed by atoms with Gasteiger partial charge >= 0.3 is 84.3 Å². The summed E-state index contributed by atoms with van der Waals surface area (Å²) in [6.07, 6.45) is -8.19. The van der Waals surface area contributed by atoms with Crippen LogP contribution in [0.25, 0.3) is 0 Å². The van der Waals surface area contributed by atoms with Crippen molar-refractivity contribution < 1.29 is 137 Å². The molecule has 0 fully saturated rings. The van der Waals surface area contributed by atoms with Crippen molar-refractivity contribution in [3.8, 4) is 0 Å². The minimum Gasteiger partial charge on any atom is -0.746 e. The second kappa shape index (κ2) is 10.2. The average Bonchev–Trinajstić information content (AvgIpc) is 2.70. The first-order valence-electron chi connectivity index (χ1n) is 8.09. The Labute approximate surface area is 219 Å². The number of alkyl halides is 24. The van der Waals surface area contributed by atoms with E-state index in [1.165, 1.54) is 0 Å². The molecule has 0 rings (SSSR count). The molecule has 0 aromatic carbocycles. The van der Waals surface area contributed by atoms with Gasteiger partial charge in [-0.05, 0) is 0 Å². The van der Waals surface area contributed by atoms with Crippen molar-refractivity contribution in [2.75, 3.05) is 0 Å². The Morgan fingerprint density at radius 3 is 0.732 bits per heavy atom. The summed E-state index contributed by atoms with van der Waals surface area (Å²) in [5.74, 6) is -92.1. The fraction of sp³-hybridized carbons (Fsp3) is 1.00. The summed E-state index contributed by atoms with van der Waals surface area (Å²) in [7, 11) is -7.72. The van der Waals surface area contributed by atoms with Crippen molar-refractivity contribution in [1.29, 1.82) is 0 Å². The quantitative estimate of drug-likeness (QED) is 0.189. The van der Waals surface area contributed by atoms with Gasteiger partial charge in [-0.25, -0.2) is 12.8 Å². The molecule has 0 heterocycles. The molecular formula is C12HF24LiO3S. The Bertz CT molecular complexity index is 1060. The maximum Gasteiger partial charge on any atom is 1.00 e. The molecule has 0 saturated heterocycles. The van der Waals surface area contributed by atoms with E-state index in [2.05, 4.69) is 0 Å². The zero-order valence-corrected chi connectivity index (χ0v) is 18.6. The van der Waals surface area contributed by atoms with Gasteiger partial charge in [-0.2, -0.15) is 101 Å². The third-order valence-corrected chi connectivity index (χ3v) is 5.27. The van der Waals surface area contributed by atoms with Crippen molar-refractivity contribution in [2.45, 2.75) is 70.9 Å². The van der Waals surface area contributed by atoms with Crippen LogP contribution in [0.5, 0.6) is 0 Å².